The lowest BCUT2D eigenvalue weighted by Gasteiger charge is -2.42. The summed E-state index contributed by atoms with van der Waals surface area (Å²) < 4.78 is 23.3. The second-order valence-electron chi connectivity index (χ2n) is 12.3. The van der Waals surface area contributed by atoms with Crippen molar-refractivity contribution in [1.82, 2.24) is 0 Å². The molecule has 0 heterocycles. The Morgan fingerprint density at radius 2 is 1.33 bits per heavy atom. The van der Waals surface area contributed by atoms with E-state index in [0.717, 1.165) is 16.9 Å². The number of benzene rings is 4. The normalized spacial score (nSPS) is 12.4. The zero-order valence-corrected chi connectivity index (χ0v) is 29.7. The van der Waals surface area contributed by atoms with Crippen molar-refractivity contribution in [2.24, 2.45) is 0 Å². The molecule has 46 heavy (non-hydrogen) atoms. The van der Waals surface area contributed by atoms with Gasteiger partial charge in [0.2, 0.25) is 0 Å². The first kappa shape index (κ1) is 35.1. The molecule has 6 nitrogen and oxygen atoms in total. The standard InChI is InChI=1S/C38H46O6SSi/c1-26(2)46(27(3)4,28(5)6)44-33-19-15-31(16-20-33)38(37(40)30-13-17-32(18-14-30)43-25-41-7)45-36-22-21-34(23-35(36)39)42-24-29-11-9-8-10-12-29/h8-23,26-28,38-39H,24-25H2,1-7H3. The van der Waals surface area contributed by atoms with Crippen molar-refractivity contribution in [2.75, 3.05) is 13.9 Å². The zero-order valence-electron chi connectivity index (χ0n) is 27.9. The van der Waals surface area contributed by atoms with Crippen molar-refractivity contribution in [3.05, 3.63) is 114 Å². The van der Waals surface area contributed by atoms with E-state index in [4.69, 9.17) is 18.6 Å². The Kier molecular flexibility index (Phi) is 12.4. The molecule has 4 aromatic rings. The summed E-state index contributed by atoms with van der Waals surface area (Å²) in [6.45, 7) is 14.1. The summed E-state index contributed by atoms with van der Waals surface area (Å²) in [7, 11) is -0.583. The van der Waals surface area contributed by atoms with Gasteiger partial charge in [0.25, 0.3) is 8.32 Å². The molecule has 0 aromatic heterocycles. The minimum atomic E-state index is -2.14. The van der Waals surface area contributed by atoms with E-state index < -0.39 is 13.6 Å². The van der Waals surface area contributed by atoms with Gasteiger partial charge in [-0.15, -0.1) is 11.8 Å². The van der Waals surface area contributed by atoms with Crippen LogP contribution in [0.4, 0.5) is 0 Å². The molecule has 0 radical (unpaired) electrons. The Balaban J connectivity index is 1.62. The van der Waals surface area contributed by atoms with Crippen LogP contribution in [0.5, 0.6) is 23.0 Å². The fourth-order valence-corrected chi connectivity index (χ4v) is 12.5. The van der Waals surface area contributed by atoms with Crippen LogP contribution in [-0.2, 0) is 11.3 Å². The third-order valence-corrected chi connectivity index (χ3v) is 15.7. The summed E-state index contributed by atoms with van der Waals surface area (Å²) in [5, 5.41) is 10.4. The van der Waals surface area contributed by atoms with Gasteiger partial charge in [0.1, 0.15) is 29.6 Å². The van der Waals surface area contributed by atoms with Crippen LogP contribution < -0.4 is 13.9 Å². The highest BCUT2D eigenvalue weighted by Crippen LogP contribution is 2.45. The van der Waals surface area contributed by atoms with Gasteiger partial charge in [0.15, 0.2) is 12.6 Å². The van der Waals surface area contributed by atoms with E-state index in [1.807, 2.05) is 60.7 Å². The number of methoxy groups -OCH3 is 1. The first-order valence-corrected chi connectivity index (χ1v) is 18.8. The predicted molar refractivity (Wildman–Crippen MR) is 189 cm³/mol. The van der Waals surface area contributed by atoms with Crippen molar-refractivity contribution in [3.8, 4) is 23.0 Å². The van der Waals surface area contributed by atoms with Crippen LogP contribution in [0, 0.1) is 0 Å². The Bertz CT molecular complexity index is 1520. The number of carbonyl (C=O) groups excluding carboxylic acids is 1. The second-order valence-corrected chi connectivity index (χ2v) is 18.9. The van der Waals surface area contributed by atoms with Crippen molar-refractivity contribution >= 4 is 25.9 Å². The van der Waals surface area contributed by atoms with Crippen molar-refractivity contribution in [1.29, 1.82) is 0 Å². The van der Waals surface area contributed by atoms with Gasteiger partial charge < -0.3 is 23.7 Å². The number of hydrogen-bond acceptors (Lipinski definition) is 7. The van der Waals surface area contributed by atoms with E-state index in [2.05, 4.69) is 41.5 Å². The predicted octanol–water partition coefficient (Wildman–Crippen LogP) is 10.2. The molecule has 8 heteroatoms. The van der Waals surface area contributed by atoms with E-state index in [1.165, 1.54) is 11.8 Å². The van der Waals surface area contributed by atoms with E-state index in [1.54, 1.807) is 43.5 Å². The lowest BCUT2D eigenvalue weighted by Crippen LogP contribution is -2.50. The Morgan fingerprint density at radius 3 is 1.89 bits per heavy atom. The molecule has 0 spiro atoms. The van der Waals surface area contributed by atoms with Crippen LogP contribution in [0.1, 0.15) is 68.3 Å². The third kappa shape index (κ3) is 8.54. The van der Waals surface area contributed by atoms with Crippen LogP contribution in [-0.4, -0.2) is 33.1 Å². The number of rotatable bonds is 16. The van der Waals surface area contributed by atoms with E-state index in [-0.39, 0.29) is 18.3 Å². The molecule has 0 saturated carbocycles. The maximum absolute atomic E-state index is 14.1. The second kappa shape index (κ2) is 16.2. The van der Waals surface area contributed by atoms with E-state index in [9.17, 15) is 9.90 Å². The molecule has 1 unspecified atom stereocenters. The number of Topliss-reactive ketones (excluding diaryl/α,β-unsaturated/α-hetero) is 1. The third-order valence-electron chi connectivity index (χ3n) is 8.33. The van der Waals surface area contributed by atoms with Crippen LogP contribution in [0.25, 0.3) is 0 Å². The Labute approximate surface area is 279 Å². The fraction of sp³-hybridized carbons (Fsp3) is 0.342. The largest absolute Gasteiger partial charge is 0.543 e. The van der Waals surface area contributed by atoms with Gasteiger partial charge in [-0.05, 0) is 76.3 Å². The highest BCUT2D eigenvalue weighted by atomic mass is 32.2. The van der Waals surface area contributed by atoms with Gasteiger partial charge in [0.05, 0.1) is 10.1 Å². The van der Waals surface area contributed by atoms with Crippen LogP contribution in [0.3, 0.4) is 0 Å². The average molecular weight is 659 g/mol. The minimum Gasteiger partial charge on any atom is -0.543 e. The Morgan fingerprint density at radius 1 is 0.739 bits per heavy atom. The monoisotopic (exact) mass is 658 g/mol. The SMILES string of the molecule is COCOc1ccc(C(=O)C(Sc2ccc(OCc3ccccc3)cc2O)c2ccc(O[Si](C(C)C)(C(C)C)C(C)C)cc2)cc1. The van der Waals surface area contributed by atoms with Crippen molar-refractivity contribution in [2.45, 2.75) is 74.9 Å². The van der Waals surface area contributed by atoms with Gasteiger partial charge >= 0.3 is 0 Å². The molecule has 4 aromatic carbocycles. The molecule has 1 atom stereocenters. The molecule has 244 valence electrons. The van der Waals surface area contributed by atoms with Gasteiger partial charge in [-0.3, -0.25) is 4.79 Å². The smallest absolute Gasteiger partial charge is 0.258 e. The lowest BCUT2D eigenvalue weighted by molar-refractivity contribution is 0.0511. The molecule has 0 bridgehead atoms. The molecular weight excluding hydrogens is 613 g/mol. The van der Waals surface area contributed by atoms with Gasteiger partial charge in [-0.2, -0.15) is 0 Å². The number of thioether (sulfide) groups is 1. The molecule has 0 aliphatic rings. The van der Waals surface area contributed by atoms with Crippen molar-refractivity contribution < 1.29 is 28.5 Å². The van der Waals surface area contributed by atoms with Crippen molar-refractivity contribution in [3.63, 3.8) is 0 Å². The summed E-state index contributed by atoms with van der Waals surface area (Å²) in [4.78, 5) is 14.7. The number of ether oxygens (including phenoxy) is 3. The first-order chi connectivity index (χ1) is 22.0. The summed E-state index contributed by atoms with van der Waals surface area (Å²) in [5.74, 6) is 1.95. The summed E-state index contributed by atoms with van der Waals surface area (Å²) >= 11 is 1.31. The summed E-state index contributed by atoms with van der Waals surface area (Å²) in [6.07, 6.45) is 0. The molecule has 0 saturated heterocycles. The zero-order chi connectivity index (χ0) is 33.3. The summed E-state index contributed by atoms with van der Waals surface area (Å²) in [5.41, 5.74) is 3.71. The first-order valence-electron chi connectivity index (χ1n) is 15.8. The maximum Gasteiger partial charge on any atom is 0.258 e. The van der Waals surface area contributed by atoms with Gasteiger partial charge in [-0.1, -0.05) is 84.0 Å². The molecule has 0 aliphatic carbocycles. The number of phenols is 1. The van der Waals surface area contributed by atoms with Crippen LogP contribution in [0.2, 0.25) is 16.6 Å². The lowest BCUT2D eigenvalue weighted by atomic mass is 10.0. The Hall–Kier alpha value is -3.72. The minimum absolute atomic E-state index is 0.0539. The number of carbonyl (C=O) groups is 1. The molecule has 0 aliphatic heterocycles. The molecule has 0 fully saturated rings. The van der Waals surface area contributed by atoms with Crippen LogP contribution in [0.15, 0.2) is 102 Å². The number of ketones is 1. The fourth-order valence-electron chi connectivity index (χ4n) is 6.09. The van der Waals surface area contributed by atoms with Gasteiger partial charge in [0, 0.05) is 18.7 Å². The summed E-state index contributed by atoms with van der Waals surface area (Å²) in [6, 6.07) is 30.0. The molecule has 4 rings (SSSR count). The van der Waals surface area contributed by atoms with Gasteiger partial charge in [-0.25, -0.2) is 0 Å². The average Bonchev–Trinajstić information content (AvgIpc) is 3.05. The highest BCUT2D eigenvalue weighted by Gasteiger charge is 2.47. The quantitative estimate of drug-likeness (QED) is 0.0556. The molecular formula is C38H46O6SSi. The van der Waals surface area contributed by atoms with E-state index >= 15 is 0 Å². The topological polar surface area (TPSA) is 74.2 Å². The van der Waals surface area contributed by atoms with E-state index in [0.29, 0.717) is 45.2 Å². The highest BCUT2D eigenvalue weighted by molar-refractivity contribution is 8.00. The van der Waals surface area contributed by atoms with Crippen LogP contribution >= 0.6 is 11.8 Å². The number of aromatic hydroxyl groups is 1. The molecule has 0 amide bonds. The maximum atomic E-state index is 14.1. The number of hydrogen-bond donors (Lipinski definition) is 1. The molecule has 1 N–H and O–H groups in total. The number of phenolic OH excluding ortho intramolecular Hbond substituents is 1.